The van der Waals surface area contributed by atoms with Gasteiger partial charge in [0.05, 0.1) is 44.2 Å². The number of nitrogens with one attached hydrogen (secondary N) is 1. The van der Waals surface area contributed by atoms with Crippen molar-refractivity contribution in [2.24, 2.45) is 0 Å². The van der Waals surface area contributed by atoms with Crippen molar-refractivity contribution >= 4 is 15.9 Å². The van der Waals surface area contributed by atoms with Gasteiger partial charge in [-0.1, -0.05) is 25.1 Å². The fourth-order valence-electron chi connectivity index (χ4n) is 2.79. The molecular weight excluding hydrogens is 314 g/mol. The molecule has 1 aliphatic rings. The standard InChI is InChI=1S/C16H25N3O3S/c1-3-17-10-12-18(13-11-17)16(20)14-19(4-2)23(21,22)15-8-6-5-7-9-15/h5-9H,3-4,10-14H2,1-2H3/p+1. The van der Waals surface area contributed by atoms with Gasteiger partial charge in [-0.05, 0) is 19.1 Å². The Bertz CT molecular complexity index is 611. The maximum atomic E-state index is 12.6. The first-order chi connectivity index (χ1) is 11.0. The van der Waals surface area contributed by atoms with Crippen molar-refractivity contribution in [2.45, 2.75) is 18.7 Å². The van der Waals surface area contributed by atoms with Crippen LogP contribution in [0.15, 0.2) is 35.2 Å². The molecule has 0 aromatic heterocycles. The molecule has 0 spiro atoms. The molecule has 1 fully saturated rings. The Balaban J connectivity index is 2.03. The molecule has 6 nitrogen and oxygen atoms in total. The number of hydrogen-bond donors (Lipinski definition) is 1. The van der Waals surface area contributed by atoms with Crippen LogP contribution < -0.4 is 4.90 Å². The van der Waals surface area contributed by atoms with Crippen LogP contribution >= 0.6 is 0 Å². The molecule has 128 valence electrons. The number of nitrogens with zero attached hydrogens (tertiary/aromatic N) is 2. The van der Waals surface area contributed by atoms with Gasteiger partial charge < -0.3 is 9.80 Å². The number of benzene rings is 1. The first kappa shape index (κ1) is 17.9. The maximum absolute atomic E-state index is 12.6. The number of carbonyl (C=O) groups excluding carboxylic acids is 1. The second-order valence-corrected chi connectivity index (χ2v) is 7.67. The van der Waals surface area contributed by atoms with Gasteiger partial charge in [0, 0.05) is 6.54 Å². The van der Waals surface area contributed by atoms with Crippen molar-refractivity contribution in [3.63, 3.8) is 0 Å². The van der Waals surface area contributed by atoms with Gasteiger partial charge in [0.1, 0.15) is 0 Å². The van der Waals surface area contributed by atoms with Crippen molar-refractivity contribution < 1.29 is 18.1 Å². The predicted molar refractivity (Wildman–Crippen MR) is 88.7 cm³/mol. The van der Waals surface area contributed by atoms with Gasteiger partial charge in [0.2, 0.25) is 15.9 Å². The fourth-order valence-corrected chi connectivity index (χ4v) is 4.20. The molecule has 0 unspecified atom stereocenters. The van der Waals surface area contributed by atoms with E-state index in [9.17, 15) is 13.2 Å². The fraction of sp³-hybridized carbons (Fsp3) is 0.562. The van der Waals surface area contributed by atoms with Crippen LogP contribution in [0.4, 0.5) is 0 Å². The number of quaternary nitrogens is 1. The highest BCUT2D eigenvalue weighted by molar-refractivity contribution is 7.89. The third-order valence-electron chi connectivity index (χ3n) is 4.37. The molecule has 1 aromatic rings. The number of sulfonamides is 1. The van der Waals surface area contributed by atoms with E-state index in [0.29, 0.717) is 13.1 Å². The first-order valence-electron chi connectivity index (χ1n) is 8.15. The zero-order chi connectivity index (χ0) is 16.9. The normalized spacial score (nSPS) is 16.7. The number of likely N-dealkylation sites (N-methyl/N-ethyl adjacent to an activating group) is 2. The van der Waals surface area contributed by atoms with E-state index in [4.69, 9.17) is 0 Å². The summed E-state index contributed by atoms with van der Waals surface area (Å²) in [6.45, 7) is 8.41. The van der Waals surface area contributed by atoms with Gasteiger partial charge in [-0.15, -0.1) is 0 Å². The SMILES string of the molecule is CCN(CC(=O)N1CC[NH+](CC)CC1)S(=O)(=O)c1ccccc1. The van der Waals surface area contributed by atoms with Crippen LogP contribution in [0.3, 0.4) is 0 Å². The molecule has 1 heterocycles. The Morgan fingerprint density at radius 3 is 2.30 bits per heavy atom. The lowest BCUT2D eigenvalue weighted by molar-refractivity contribution is -0.902. The van der Waals surface area contributed by atoms with Crippen molar-refractivity contribution in [2.75, 3.05) is 45.8 Å². The molecular formula is C16H26N3O3S+. The number of rotatable bonds is 6. The molecule has 1 saturated heterocycles. The largest absolute Gasteiger partial charge is 0.332 e. The van der Waals surface area contributed by atoms with Crippen LogP contribution in [0.2, 0.25) is 0 Å². The molecule has 1 aliphatic heterocycles. The Morgan fingerprint density at radius 2 is 1.78 bits per heavy atom. The molecule has 1 aromatic carbocycles. The van der Waals surface area contributed by atoms with E-state index in [2.05, 4.69) is 6.92 Å². The molecule has 0 radical (unpaired) electrons. The highest BCUT2D eigenvalue weighted by atomic mass is 32.2. The summed E-state index contributed by atoms with van der Waals surface area (Å²) < 4.78 is 26.5. The minimum Gasteiger partial charge on any atom is -0.332 e. The summed E-state index contributed by atoms with van der Waals surface area (Å²) in [6, 6.07) is 8.28. The lowest BCUT2D eigenvalue weighted by Gasteiger charge is -2.32. The first-order valence-corrected chi connectivity index (χ1v) is 9.59. The molecule has 0 aliphatic carbocycles. The molecule has 0 atom stereocenters. The number of carbonyl (C=O) groups is 1. The van der Waals surface area contributed by atoms with Crippen molar-refractivity contribution in [3.05, 3.63) is 30.3 Å². The lowest BCUT2D eigenvalue weighted by atomic mass is 10.3. The molecule has 0 bridgehead atoms. The Morgan fingerprint density at radius 1 is 1.17 bits per heavy atom. The Hall–Kier alpha value is -1.44. The Kier molecular flexibility index (Phi) is 6.15. The van der Waals surface area contributed by atoms with Crippen LogP contribution in [0, 0.1) is 0 Å². The number of piperazine rings is 1. The monoisotopic (exact) mass is 340 g/mol. The van der Waals surface area contributed by atoms with Crippen LogP contribution in [0.1, 0.15) is 13.8 Å². The van der Waals surface area contributed by atoms with Gasteiger partial charge in [0.15, 0.2) is 0 Å². The van der Waals surface area contributed by atoms with E-state index in [0.717, 1.165) is 19.6 Å². The van der Waals surface area contributed by atoms with E-state index in [1.165, 1.54) is 9.21 Å². The van der Waals surface area contributed by atoms with Crippen LogP contribution in [-0.4, -0.2) is 69.3 Å². The van der Waals surface area contributed by atoms with Crippen molar-refractivity contribution in [1.29, 1.82) is 0 Å². The average Bonchev–Trinajstić information content (AvgIpc) is 2.60. The summed E-state index contributed by atoms with van der Waals surface area (Å²) in [5.41, 5.74) is 0. The zero-order valence-electron chi connectivity index (χ0n) is 13.9. The third-order valence-corrected chi connectivity index (χ3v) is 6.30. The van der Waals surface area contributed by atoms with Crippen molar-refractivity contribution in [1.82, 2.24) is 9.21 Å². The van der Waals surface area contributed by atoms with E-state index < -0.39 is 10.0 Å². The number of hydrogen-bond acceptors (Lipinski definition) is 3. The van der Waals surface area contributed by atoms with E-state index >= 15 is 0 Å². The zero-order valence-corrected chi connectivity index (χ0v) is 14.7. The smallest absolute Gasteiger partial charge is 0.243 e. The van der Waals surface area contributed by atoms with Gasteiger partial charge >= 0.3 is 0 Å². The van der Waals surface area contributed by atoms with Gasteiger partial charge in [0.25, 0.3) is 0 Å². The Labute approximate surface area is 138 Å². The summed E-state index contributed by atoms with van der Waals surface area (Å²) in [7, 11) is -3.62. The number of amides is 1. The molecule has 1 N–H and O–H groups in total. The molecule has 23 heavy (non-hydrogen) atoms. The van der Waals surface area contributed by atoms with Gasteiger partial charge in [-0.3, -0.25) is 4.79 Å². The summed E-state index contributed by atoms with van der Waals surface area (Å²) in [4.78, 5) is 15.9. The molecule has 7 heteroatoms. The second-order valence-electron chi connectivity index (χ2n) is 5.73. The highest BCUT2D eigenvalue weighted by Gasteiger charge is 2.29. The molecule has 0 saturated carbocycles. The highest BCUT2D eigenvalue weighted by Crippen LogP contribution is 2.15. The van der Waals surface area contributed by atoms with Gasteiger partial charge in [-0.25, -0.2) is 8.42 Å². The maximum Gasteiger partial charge on any atom is 0.243 e. The van der Waals surface area contributed by atoms with E-state index in [1.807, 2.05) is 0 Å². The summed E-state index contributed by atoms with van der Waals surface area (Å²) >= 11 is 0. The minimum absolute atomic E-state index is 0.0881. The van der Waals surface area contributed by atoms with Gasteiger partial charge in [-0.2, -0.15) is 4.31 Å². The second kappa shape index (κ2) is 7.90. The summed E-state index contributed by atoms with van der Waals surface area (Å²) in [6.07, 6.45) is 0. The lowest BCUT2D eigenvalue weighted by Crippen LogP contribution is -3.14. The van der Waals surface area contributed by atoms with Crippen molar-refractivity contribution in [3.8, 4) is 0 Å². The predicted octanol–water partition coefficient (Wildman–Crippen LogP) is -0.556. The average molecular weight is 340 g/mol. The molecule has 1 amide bonds. The summed E-state index contributed by atoms with van der Waals surface area (Å²) in [5, 5.41) is 0. The van der Waals surface area contributed by atoms with Crippen LogP contribution in [0.5, 0.6) is 0 Å². The topological polar surface area (TPSA) is 62.1 Å². The van der Waals surface area contributed by atoms with E-state index in [1.54, 1.807) is 42.2 Å². The van der Waals surface area contributed by atoms with Crippen LogP contribution in [-0.2, 0) is 14.8 Å². The van der Waals surface area contributed by atoms with Crippen LogP contribution in [0.25, 0.3) is 0 Å². The summed E-state index contributed by atoms with van der Waals surface area (Å²) in [5.74, 6) is -0.110. The molecule has 2 rings (SSSR count). The van der Waals surface area contributed by atoms with E-state index in [-0.39, 0.29) is 23.9 Å². The third kappa shape index (κ3) is 4.31. The quantitative estimate of drug-likeness (QED) is 0.755. The minimum atomic E-state index is -3.62.